The highest BCUT2D eigenvalue weighted by molar-refractivity contribution is 7.53. The summed E-state index contributed by atoms with van der Waals surface area (Å²) in [5.74, 6) is -0.443. The van der Waals surface area contributed by atoms with Gasteiger partial charge in [-0.05, 0) is 20.3 Å². The number of ether oxygens (including phenoxy) is 1. The van der Waals surface area contributed by atoms with E-state index in [2.05, 4.69) is 4.74 Å². The van der Waals surface area contributed by atoms with Gasteiger partial charge in [0.1, 0.15) is 0 Å². The van der Waals surface area contributed by atoms with Crippen molar-refractivity contribution >= 4 is 13.6 Å². The van der Waals surface area contributed by atoms with Crippen molar-refractivity contribution in [3.05, 3.63) is 0 Å². The van der Waals surface area contributed by atoms with Crippen molar-refractivity contribution in [1.82, 2.24) is 0 Å². The first-order valence-electron chi connectivity index (χ1n) is 3.86. The van der Waals surface area contributed by atoms with Gasteiger partial charge in [0.2, 0.25) is 0 Å². The molecule has 0 aromatic rings. The second kappa shape index (κ2) is 4.22. The lowest BCUT2D eigenvalue weighted by Crippen LogP contribution is -2.22. The summed E-state index contributed by atoms with van der Waals surface area (Å²) in [6.07, 6.45) is 0.150. The standard InChI is InChI=1S/C7H15O5P/c1-6(8)12-5-4-7(2,3)13(9,10)11/h4-5H2,1-3H3,(H2,9,10,11). The lowest BCUT2D eigenvalue weighted by molar-refractivity contribution is -0.141. The van der Waals surface area contributed by atoms with Gasteiger partial charge in [0, 0.05) is 6.92 Å². The lowest BCUT2D eigenvalue weighted by Gasteiger charge is -2.25. The van der Waals surface area contributed by atoms with Crippen molar-refractivity contribution in [3.63, 3.8) is 0 Å². The van der Waals surface area contributed by atoms with Gasteiger partial charge in [-0.15, -0.1) is 0 Å². The second-order valence-corrected chi connectivity index (χ2v) is 5.75. The molecule has 0 bridgehead atoms. The van der Waals surface area contributed by atoms with Gasteiger partial charge in [-0.2, -0.15) is 0 Å². The van der Waals surface area contributed by atoms with E-state index in [0.29, 0.717) is 0 Å². The Balaban J connectivity index is 4.05. The summed E-state index contributed by atoms with van der Waals surface area (Å²) >= 11 is 0. The van der Waals surface area contributed by atoms with E-state index >= 15 is 0 Å². The van der Waals surface area contributed by atoms with Gasteiger partial charge in [-0.3, -0.25) is 9.36 Å². The quantitative estimate of drug-likeness (QED) is 0.532. The molecule has 0 aromatic carbocycles. The molecule has 5 nitrogen and oxygen atoms in total. The Labute approximate surface area is 77.3 Å². The molecule has 0 aromatic heterocycles. The summed E-state index contributed by atoms with van der Waals surface area (Å²) in [6.45, 7) is 4.17. The Hall–Kier alpha value is -0.380. The van der Waals surface area contributed by atoms with Crippen LogP contribution in [0.25, 0.3) is 0 Å². The van der Waals surface area contributed by atoms with Crippen LogP contribution >= 0.6 is 7.60 Å². The molecule has 0 spiro atoms. The second-order valence-electron chi connectivity index (χ2n) is 3.45. The highest BCUT2D eigenvalue weighted by atomic mass is 31.2. The van der Waals surface area contributed by atoms with E-state index in [1.807, 2.05) is 0 Å². The monoisotopic (exact) mass is 210 g/mol. The van der Waals surface area contributed by atoms with E-state index in [0.717, 1.165) is 0 Å². The molecular formula is C7H15O5P. The molecule has 78 valence electrons. The molecule has 0 radical (unpaired) electrons. The molecule has 0 unspecified atom stereocenters. The Bertz CT molecular complexity index is 229. The topological polar surface area (TPSA) is 83.8 Å². The molecular weight excluding hydrogens is 195 g/mol. The maximum atomic E-state index is 10.9. The first-order valence-corrected chi connectivity index (χ1v) is 5.47. The third-order valence-corrected chi connectivity index (χ3v) is 3.61. The van der Waals surface area contributed by atoms with Crippen LogP contribution in [0.4, 0.5) is 0 Å². The van der Waals surface area contributed by atoms with Crippen LogP contribution < -0.4 is 0 Å². The zero-order valence-corrected chi connectivity index (χ0v) is 8.88. The summed E-state index contributed by atoms with van der Waals surface area (Å²) in [6, 6.07) is 0. The molecule has 0 aliphatic heterocycles. The number of carbonyl (C=O) groups is 1. The fraction of sp³-hybridized carbons (Fsp3) is 0.857. The van der Waals surface area contributed by atoms with Gasteiger partial charge in [0.15, 0.2) is 0 Å². The van der Waals surface area contributed by atoms with Crippen molar-refractivity contribution in [2.45, 2.75) is 32.3 Å². The van der Waals surface area contributed by atoms with Gasteiger partial charge in [0.25, 0.3) is 0 Å². The highest BCUT2D eigenvalue weighted by Gasteiger charge is 2.37. The van der Waals surface area contributed by atoms with Crippen LogP contribution in [0.5, 0.6) is 0 Å². The summed E-state index contributed by atoms with van der Waals surface area (Å²) in [5, 5.41) is -1.14. The van der Waals surface area contributed by atoms with Gasteiger partial charge in [0.05, 0.1) is 11.8 Å². The van der Waals surface area contributed by atoms with Gasteiger partial charge >= 0.3 is 13.6 Å². The molecule has 0 heterocycles. The highest BCUT2D eigenvalue weighted by Crippen LogP contribution is 2.51. The third kappa shape index (κ3) is 4.41. The average Bonchev–Trinajstić information content (AvgIpc) is 1.82. The van der Waals surface area contributed by atoms with E-state index in [1.54, 1.807) is 0 Å². The van der Waals surface area contributed by atoms with E-state index < -0.39 is 18.7 Å². The molecule has 0 aliphatic carbocycles. The Morgan fingerprint density at radius 2 is 1.92 bits per heavy atom. The molecule has 0 saturated heterocycles. The van der Waals surface area contributed by atoms with E-state index in [4.69, 9.17) is 9.79 Å². The van der Waals surface area contributed by atoms with Crippen LogP contribution in [0.3, 0.4) is 0 Å². The SMILES string of the molecule is CC(=O)OCCC(C)(C)P(=O)(O)O. The first-order chi connectivity index (χ1) is 5.67. The number of esters is 1. The molecule has 0 rings (SSSR count). The van der Waals surface area contributed by atoms with Crippen molar-refractivity contribution in [3.8, 4) is 0 Å². The smallest absolute Gasteiger partial charge is 0.331 e. The number of carbonyl (C=O) groups excluding carboxylic acids is 1. The summed E-state index contributed by atoms with van der Waals surface area (Å²) in [7, 11) is -4.12. The average molecular weight is 210 g/mol. The molecule has 6 heteroatoms. The maximum absolute atomic E-state index is 10.9. The number of hydrogen-bond donors (Lipinski definition) is 2. The minimum Gasteiger partial charge on any atom is -0.466 e. The zero-order chi connectivity index (χ0) is 10.7. The summed E-state index contributed by atoms with van der Waals surface area (Å²) < 4.78 is 15.5. The van der Waals surface area contributed by atoms with Crippen molar-refractivity contribution < 1.29 is 23.9 Å². The molecule has 0 saturated carbocycles. The van der Waals surface area contributed by atoms with E-state index in [1.165, 1.54) is 20.8 Å². The Morgan fingerprint density at radius 1 is 1.46 bits per heavy atom. The number of rotatable bonds is 4. The van der Waals surface area contributed by atoms with Crippen LogP contribution in [-0.4, -0.2) is 27.5 Å². The van der Waals surface area contributed by atoms with E-state index in [9.17, 15) is 9.36 Å². The van der Waals surface area contributed by atoms with Crippen molar-refractivity contribution in [2.75, 3.05) is 6.61 Å². The van der Waals surface area contributed by atoms with Crippen LogP contribution in [0.1, 0.15) is 27.2 Å². The van der Waals surface area contributed by atoms with Crippen molar-refractivity contribution in [2.24, 2.45) is 0 Å². The fourth-order valence-corrected chi connectivity index (χ4v) is 0.973. The molecule has 13 heavy (non-hydrogen) atoms. The van der Waals surface area contributed by atoms with Gasteiger partial charge in [-0.1, -0.05) is 0 Å². The Kier molecular flexibility index (Phi) is 4.10. The largest absolute Gasteiger partial charge is 0.466 e. The Morgan fingerprint density at radius 3 is 2.23 bits per heavy atom. The van der Waals surface area contributed by atoms with E-state index in [-0.39, 0.29) is 13.0 Å². The molecule has 0 atom stereocenters. The maximum Gasteiger partial charge on any atom is 0.331 e. The molecule has 0 aliphatic rings. The lowest BCUT2D eigenvalue weighted by atomic mass is 10.1. The molecule has 2 N–H and O–H groups in total. The van der Waals surface area contributed by atoms with Crippen LogP contribution in [0.2, 0.25) is 0 Å². The van der Waals surface area contributed by atoms with Gasteiger partial charge < -0.3 is 14.5 Å². The van der Waals surface area contributed by atoms with Crippen LogP contribution in [0.15, 0.2) is 0 Å². The third-order valence-electron chi connectivity index (χ3n) is 1.81. The predicted octanol–water partition coefficient (Wildman–Crippen LogP) is 0.896. The zero-order valence-electron chi connectivity index (χ0n) is 7.98. The normalized spacial score (nSPS) is 12.7. The van der Waals surface area contributed by atoms with Crippen LogP contribution in [-0.2, 0) is 14.1 Å². The van der Waals surface area contributed by atoms with Crippen LogP contribution in [0, 0.1) is 0 Å². The number of hydrogen-bond acceptors (Lipinski definition) is 3. The van der Waals surface area contributed by atoms with Crippen molar-refractivity contribution in [1.29, 1.82) is 0 Å². The molecule has 0 fully saturated rings. The van der Waals surface area contributed by atoms with Gasteiger partial charge in [-0.25, -0.2) is 0 Å². The molecule has 0 amide bonds. The minimum absolute atomic E-state index is 0.0352. The first kappa shape index (κ1) is 12.6. The minimum atomic E-state index is -4.12. The predicted molar refractivity (Wildman–Crippen MR) is 47.4 cm³/mol. The fourth-order valence-electron chi connectivity index (χ4n) is 0.590. The summed E-state index contributed by atoms with van der Waals surface area (Å²) in [5.41, 5.74) is 0. The summed E-state index contributed by atoms with van der Waals surface area (Å²) in [4.78, 5) is 28.1.